The number of nitrogens with one attached hydrogen (secondary N) is 1. The van der Waals surface area contributed by atoms with Crippen molar-refractivity contribution >= 4 is 17.3 Å². The van der Waals surface area contributed by atoms with Crippen molar-refractivity contribution in [3.8, 4) is 0 Å². The highest BCUT2D eigenvalue weighted by Gasteiger charge is 2.25. The van der Waals surface area contributed by atoms with Gasteiger partial charge in [-0.25, -0.2) is 0 Å². The summed E-state index contributed by atoms with van der Waals surface area (Å²) in [4.78, 5) is 18.4. The summed E-state index contributed by atoms with van der Waals surface area (Å²) >= 11 is 0. The molecule has 3 rings (SSSR count). The molecule has 0 spiro atoms. The molecule has 8 nitrogen and oxygen atoms in total. The molecule has 1 aromatic carbocycles. The monoisotopic (exact) mass is 457 g/mol. The molecule has 2 heterocycles. The molecule has 8 heteroatoms. The van der Waals surface area contributed by atoms with E-state index in [1.54, 1.807) is 20.4 Å². The number of aromatic nitrogens is 1. The van der Waals surface area contributed by atoms with Gasteiger partial charge in [0.25, 0.3) is 0 Å². The van der Waals surface area contributed by atoms with Crippen molar-refractivity contribution < 1.29 is 24.1 Å². The van der Waals surface area contributed by atoms with Crippen LogP contribution >= 0.6 is 0 Å². The molecule has 1 aliphatic rings. The maximum absolute atomic E-state index is 11.4. The van der Waals surface area contributed by atoms with Crippen LogP contribution in [-0.4, -0.2) is 68.1 Å². The van der Waals surface area contributed by atoms with E-state index in [-0.39, 0.29) is 18.4 Å². The van der Waals surface area contributed by atoms with Crippen molar-refractivity contribution in [3.63, 3.8) is 0 Å². The first-order chi connectivity index (χ1) is 16.0. The van der Waals surface area contributed by atoms with Crippen molar-refractivity contribution in [2.75, 3.05) is 52.4 Å². The molecule has 2 aromatic rings. The zero-order valence-corrected chi connectivity index (χ0v) is 19.8. The highest BCUT2D eigenvalue weighted by Crippen LogP contribution is 2.35. The Bertz CT molecular complexity index is 884. The fourth-order valence-electron chi connectivity index (χ4n) is 4.36. The second-order valence-electron chi connectivity index (χ2n) is 8.27. The zero-order chi connectivity index (χ0) is 23.6. The standard InChI is InChI=1S/C25H35N3O5/c1-4-24(28-9-11-33-12-10-28)22-8-5-18(19(16-31-2)14-25(29)30)13-23(22)27-20-6-7-21(17-32-3)26-15-20/h5-8,13,15,19,24,27H,4,9-12,14,16-17H2,1-3H3,(H,29,30)/t19-,24+/m1/s1. The van der Waals surface area contributed by atoms with Crippen LogP contribution in [0.25, 0.3) is 0 Å². The molecular weight excluding hydrogens is 422 g/mol. The Morgan fingerprint density at radius 1 is 1.21 bits per heavy atom. The molecule has 1 aromatic heterocycles. The van der Waals surface area contributed by atoms with E-state index in [9.17, 15) is 9.90 Å². The van der Waals surface area contributed by atoms with E-state index < -0.39 is 5.97 Å². The third kappa shape index (κ3) is 6.98. The summed E-state index contributed by atoms with van der Waals surface area (Å²) in [6, 6.07) is 10.4. The van der Waals surface area contributed by atoms with Gasteiger partial charge in [-0.05, 0) is 35.7 Å². The number of pyridine rings is 1. The molecular formula is C25H35N3O5. The SMILES string of the molecule is CC[C@@H](c1ccc([C@@H](COC)CC(=O)O)cc1Nc1ccc(COC)nc1)N1CCOCC1. The lowest BCUT2D eigenvalue weighted by atomic mass is 9.91. The minimum Gasteiger partial charge on any atom is -0.481 e. The van der Waals surface area contributed by atoms with Crippen LogP contribution in [-0.2, 0) is 25.6 Å². The fraction of sp³-hybridized carbons (Fsp3) is 0.520. The highest BCUT2D eigenvalue weighted by atomic mass is 16.5. The van der Waals surface area contributed by atoms with Gasteiger partial charge in [-0.1, -0.05) is 19.1 Å². The Morgan fingerprint density at radius 2 is 2.00 bits per heavy atom. The molecule has 0 aliphatic carbocycles. The maximum atomic E-state index is 11.4. The Labute approximate surface area is 195 Å². The molecule has 1 saturated heterocycles. The number of hydrogen-bond donors (Lipinski definition) is 2. The fourth-order valence-corrected chi connectivity index (χ4v) is 4.36. The van der Waals surface area contributed by atoms with E-state index in [1.165, 1.54) is 5.56 Å². The summed E-state index contributed by atoms with van der Waals surface area (Å²) < 4.78 is 16.0. The number of methoxy groups -OCH3 is 2. The summed E-state index contributed by atoms with van der Waals surface area (Å²) in [6.45, 7) is 6.24. The number of rotatable bonds is 12. The zero-order valence-electron chi connectivity index (χ0n) is 19.8. The molecule has 1 aliphatic heterocycles. The Balaban J connectivity index is 1.97. The number of carbonyl (C=O) groups is 1. The molecule has 180 valence electrons. The summed E-state index contributed by atoms with van der Waals surface area (Å²) in [5.41, 5.74) is 4.80. The third-order valence-corrected chi connectivity index (χ3v) is 5.97. The topological polar surface area (TPSA) is 93.2 Å². The number of carboxylic acid groups (broad SMARTS) is 1. The summed E-state index contributed by atoms with van der Waals surface area (Å²) in [5.74, 6) is -1.07. The van der Waals surface area contributed by atoms with Crippen LogP contribution in [0.15, 0.2) is 36.5 Å². The first-order valence-electron chi connectivity index (χ1n) is 11.4. The number of benzene rings is 1. The molecule has 0 unspecified atom stereocenters. The largest absolute Gasteiger partial charge is 0.481 e. The van der Waals surface area contributed by atoms with Crippen molar-refractivity contribution in [2.24, 2.45) is 0 Å². The molecule has 1 fully saturated rings. The van der Waals surface area contributed by atoms with Gasteiger partial charge in [0.05, 0.1) is 50.4 Å². The number of aliphatic carboxylic acids is 1. The maximum Gasteiger partial charge on any atom is 0.304 e. The second-order valence-corrected chi connectivity index (χ2v) is 8.27. The van der Waals surface area contributed by atoms with Gasteiger partial charge in [-0.15, -0.1) is 0 Å². The van der Waals surface area contributed by atoms with Gasteiger partial charge < -0.3 is 24.6 Å². The van der Waals surface area contributed by atoms with Crippen LogP contribution in [0.2, 0.25) is 0 Å². The van der Waals surface area contributed by atoms with Crippen molar-refractivity contribution in [3.05, 3.63) is 53.3 Å². The number of morpholine rings is 1. The summed E-state index contributed by atoms with van der Waals surface area (Å²) in [5, 5.41) is 12.9. The van der Waals surface area contributed by atoms with Crippen LogP contribution in [0.5, 0.6) is 0 Å². The van der Waals surface area contributed by atoms with Crippen LogP contribution in [0.4, 0.5) is 11.4 Å². The van der Waals surface area contributed by atoms with Gasteiger partial charge >= 0.3 is 5.97 Å². The number of ether oxygens (including phenoxy) is 3. The molecule has 2 N–H and O–H groups in total. The highest BCUT2D eigenvalue weighted by molar-refractivity contribution is 5.69. The van der Waals surface area contributed by atoms with Crippen molar-refractivity contribution in [2.45, 2.75) is 38.3 Å². The lowest BCUT2D eigenvalue weighted by Crippen LogP contribution is -2.39. The van der Waals surface area contributed by atoms with Gasteiger partial charge in [0, 0.05) is 45.0 Å². The second kappa shape index (κ2) is 12.6. The van der Waals surface area contributed by atoms with Gasteiger partial charge in [0.1, 0.15) is 0 Å². The normalized spacial score (nSPS) is 16.3. The Morgan fingerprint density at radius 3 is 2.61 bits per heavy atom. The minimum atomic E-state index is -0.840. The van der Waals surface area contributed by atoms with Gasteiger partial charge in [0.2, 0.25) is 0 Å². The third-order valence-electron chi connectivity index (χ3n) is 5.97. The minimum absolute atomic E-state index is 0.0145. The van der Waals surface area contributed by atoms with Crippen LogP contribution in [0.3, 0.4) is 0 Å². The van der Waals surface area contributed by atoms with Crippen LogP contribution < -0.4 is 5.32 Å². The van der Waals surface area contributed by atoms with E-state index in [1.807, 2.05) is 18.2 Å². The number of carboxylic acids is 1. The van der Waals surface area contributed by atoms with E-state index >= 15 is 0 Å². The smallest absolute Gasteiger partial charge is 0.304 e. The lowest BCUT2D eigenvalue weighted by Gasteiger charge is -2.35. The quantitative estimate of drug-likeness (QED) is 0.495. The molecule has 0 saturated carbocycles. The molecule has 0 amide bonds. The number of nitrogens with zero attached hydrogens (tertiary/aromatic N) is 2. The average Bonchev–Trinajstić information content (AvgIpc) is 2.82. The molecule has 33 heavy (non-hydrogen) atoms. The van der Waals surface area contributed by atoms with E-state index in [2.05, 4.69) is 34.3 Å². The molecule has 2 atom stereocenters. The Kier molecular flexibility index (Phi) is 9.62. The number of anilines is 2. The van der Waals surface area contributed by atoms with Gasteiger partial charge in [-0.2, -0.15) is 0 Å². The van der Waals surface area contributed by atoms with E-state index in [4.69, 9.17) is 14.2 Å². The van der Waals surface area contributed by atoms with Crippen molar-refractivity contribution in [1.82, 2.24) is 9.88 Å². The average molecular weight is 458 g/mol. The van der Waals surface area contributed by atoms with Crippen molar-refractivity contribution in [1.29, 1.82) is 0 Å². The van der Waals surface area contributed by atoms with Crippen LogP contribution in [0.1, 0.15) is 48.5 Å². The van der Waals surface area contributed by atoms with Crippen LogP contribution in [0, 0.1) is 0 Å². The number of hydrogen-bond acceptors (Lipinski definition) is 7. The predicted octanol–water partition coefficient (Wildman–Crippen LogP) is 3.96. The predicted molar refractivity (Wildman–Crippen MR) is 127 cm³/mol. The van der Waals surface area contributed by atoms with E-state index in [0.29, 0.717) is 13.2 Å². The lowest BCUT2D eigenvalue weighted by molar-refractivity contribution is -0.137. The molecule has 0 radical (unpaired) electrons. The first kappa shape index (κ1) is 25.1. The van der Waals surface area contributed by atoms with Gasteiger partial charge in [0.15, 0.2) is 0 Å². The summed E-state index contributed by atoms with van der Waals surface area (Å²) in [7, 11) is 3.25. The van der Waals surface area contributed by atoms with Gasteiger partial charge in [-0.3, -0.25) is 14.7 Å². The first-order valence-corrected chi connectivity index (χ1v) is 11.4. The van der Waals surface area contributed by atoms with E-state index in [0.717, 1.165) is 55.4 Å². The summed E-state index contributed by atoms with van der Waals surface area (Å²) in [6.07, 6.45) is 2.76. The Hall–Kier alpha value is -2.52. The molecule has 0 bridgehead atoms.